The molecule has 0 amide bonds. The van der Waals surface area contributed by atoms with Crippen molar-refractivity contribution in [2.75, 3.05) is 13.1 Å². The predicted octanol–water partition coefficient (Wildman–Crippen LogP) is 2.93. The monoisotopic (exact) mass is 369 g/mol. The molecular formula is C12H13Cl2NO4S2. The van der Waals surface area contributed by atoms with E-state index in [0.717, 1.165) is 24.2 Å². The molecule has 1 saturated carbocycles. The highest BCUT2D eigenvalue weighted by Crippen LogP contribution is 2.50. The smallest absolute Gasteiger partial charge is 0.311 e. The number of rotatable bonds is 3. The van der Waals surface area contributed by atoms with Gasteiger partial charge in [-0.3, -0.25) is 4.79 Å². The number of nitrogens with zero attached hydrogens (tertiary/aromatic N) is 1. The molecule has 3 rings (SSSR count). The van der Waals surface area contributed by atoms with Crippen molar-refractivity contribution in [3.63, 3.8) is 0 Å². The molecule has 2 fully saturated rings. The van der Waals surface area contributed by atoms with Gasteiger partial charge < -0.3 is 5.11 Å². The van der Waals surface area contributed by atoms with Gasteiger partial charge in [-0.2, -0.15) is 4.31 Å². The van der Waals surface area contributed by atoms with Gasteiger partial charge in [0.05, 0.1) is 9.75 Å². The molecule has 1 aliphatic heterocycles. The highest BCUT2D eigenvalue weighted by atomic mass is 35.5. The number of carboxylic acids is 1. The average molecular weight is 370 g/mol. The Morgan fingerprint density at radius 1 is 1.48 bits per heavy atom. The topological polar surface area (TPSA) is 74.7 Å². The van der Waals surface area contributed by atoms with Crippen LogP contribution in [0, 0.1) is 11.3 Å². The molecule has 1 aromatic heterocycles. The van der Waals surface area contributed by atoms with Gasteiger partial charge in [-0.15, -0.1) is 11.3 Å². The van der Waals surface area contributed by atoms with Crippen molar-refractivity contribution < 1.29 is 18.3 Å². The SMILES string of the molecule is O=C(O)[C@@]12CCC[C@H]1CN(S(=O)(=O)c1cc(Cl)sc1Cl)C2. The minimum Gasteiger partial charge on any atom is -0.481 e. The second kappa shape index (κ2) is 5.09. The Labute approximate surface area is 136 Å². The molecule has 0 spiro atoms. The zero-order valence-corrected chi connectivity index (χ0v) is 14.0. The fourth-order valence-electron chi connectivity index (χ4n) is 3.42. The van der Waals surface area contributed by atoms with Crippen molar-refractivity contribution >= 4 is 50.5 Å². The van der Waals surface area contributed by atoms with Crippen LogP contribution in [0.15, 0.2) is 11.0 Å². The quantitative estimate of drug-likeness (QED) is 0.888. The molecule has 1 N–H and O–H groups in total. The van der Waals surface area contributed by atoms with E-state index in [9.17, 15) is 18.3 Å². The molecule has 2 atom stereocenters. The van der Waals surface area contributed by atoms with Crippen LogP contribution in [0.2, 0.25) is 8.67 Å². The summed E-state index contributed by atoms with van der Waals surface area (Å²) >= 11 is 12.7. The van der Waals surface area contributed by atoms with Crippen molar-refractivity contribution in [3.8, 4) is 0 Å². The second-order valence-corrected chi connectivity index (χ2v) is 9.73. The number of sulfonamides is 1. The lowest BCUT2D eigenvalue weighted by Crippen LogP contribution is -2.37. The maximum atomic E-state index is 12.7. The van der Waals surface area contributed by atoms with Gasteiger partial charge >= 0.3 is 5.97 Å². The largest absolute Gasteiger partial charge is 0.481 e. The van der Waals surface area contributed by atoms with E-state index in [1.165, 1.54) is 10.4 Å². The fraction of sp³-hybridized carbons (Fsp3) is 0.583. The Bertz CT molecular complexity index is 702. The summed E-state index contributed by atoms with van der Waals surface area (Å²) < 4.78 is 27.0. The van der Waals surface area contributed by atoms with E-state index in [1.54, 1.807) is 0 Å². The van der Waals surface area contributed by atoms with E-state index < -0.39 is 21.4 Å². The molecule has 21 heavy (non-hydrogen) atoms. The molecule has 2 aliphatic rings. The normalized spacial score (nSPS) is 29.7. The summed E-state index contributed by atoms with van der Waals surface area (Å²) in [5, 5.41) is 9.52. The van der Waals surface area contributed by atoms with Gasteiger partial charge in [0.25, 0.3) is 0 Å². The third kappa shape index (κ3) is 2.30. The summed E-state index contributed by atoms with van der Waals surface area (Å²) in [6, 6.07) is 1.32. The van der Waals surface area contributed by atoms with Crippen LogP contribution in [0.25, 0.3) is 0 Å². The molecule has 2 heterocycles. The van der Waals surface area contributed by atoms with Crippen molar-refractivity contribution in [2.45, 2.75) is 24.2 Å². The first-order valence-corrected chi connectivity index (χ1v) is 9.47. The number of hydrogen-bond acceptors (Lipinski definition) is 4. The van der Waals surface area contributed by atoms with Gasteiger partial charge in [0.2, 0.25) is 10.0 Å². The molecular weight excluding hydrogens is 357 g/mol. The molecule has 0 bridgehead atoms. The van der Waals surface area contributed by atoms with Gasteiger partial charge in [0, 0.05) is 13.1 Å². The van der Waals surface area contributed by atoms with E-state index in [2.05, 4.69) is 0 Å². The molecule has 9 heteroatoms. The summed E-state index contributed by atoms with van der Waals surface area (Å²) in [5.74, 6) is -1.03. The number of thiophene rings is 1. The van der Waals surface area contributed by atoms with Crippen LogP contribution in [0.4, 0.5) is 0 Å². The lowest BCUT2D eigenvalue weighted by molar-refractivity contribution is -0.149. The van der Waals surface area contributed by atoms with Crippen LogP contribution in [-0.2, 0) is 14.8 Å². The average Bonchev–Trinajstić information content (AvgIpc) is 3.00. The Morgan fingerprint density at radius 2 is 2.19 bits per heavy atom. The third-order valence-electron chi connectivity index (χ3n) is 4.51. The lowest BCUT2D eigenvalue weighted by Gasteiger charge is -2.23. The number of hydrogen-bond donors (Lipinski definition) is 1. The first-order valence-electron chi connectivity index (χ1n) is 6.46. The maximum absolute atomic E-state index is 12.7. The second-order valence-electron chi connectivity index (χ2n) is 5.54. The summed E-state index contributed by atoms with van der Waals surface area (Å²) in [6.45, 7) is 0.248. The molecule has 5 nitrogen and oxygen atoms in total. The number of carbonyl (C=O) groups is 1. The van der Waals surface area contributed by atoms with Crippen molar-refractivity contribution in [2.24, 2.45) is 11.3 Å². The molecule has 1 aromatic rings. The first-order chi connectivity index (χ1) is 9.77. The zero-order valence-electron chi connectivity index (χ0n) is 10.9. The van der Waals surface area contributed by atoms with Crippen LogP contribution >= 0.6 is 34.5 Å². The van der Waals surface area contributed by atoms with Crippen LogP contribution in [0.5, 0.6) is 0 Å². The Balaban J connectivity index is 1.96. The van der Waals surface area contributed by atoms with Gasteiger partial charge in [-0.1, -0.05) is 29.6 Å². The van der Waals surface area contributed by atoms with Crippen LogP contribution in [-0.4, -0.2) is 36.9 Å². The molecule has 116 valence electrons. The van der Waals surface area contributed by atoms with E-state index in [-0.39, 0.29) is 28.2 Å². The van der Waals surface area contributed by atoms with Crippen LogP contribution in [0.3, 0.4) is 0 Å². The summed E-state index contributed by atoms with van der Waals surface area (Å²) in [6.07, 6.45) is 2.10. The highest BCUT2D eigenvalue weighted by Gasteiger charge is 2.57. The van der Waals surface area contributed by atoms with E-state index in [0.29, 0.717) is 10.8 Å². The summed E-state index contributed by atoms with van der Waals surface area (Å²) in [4.78, 5) is 11.6. The van der Waals surface area contributed by atoms with Crippen LogP contribution in [0.1, 0.15) is 19.3 Å². The minimum atomic E-state index is -3.80. The summed E-state index contributed by atoms with van der Waals surface area (Å²) in [7, 11) is -3.80. The van der Waals surface area contributed by atoms with Crippen molar-refractivity contribution in [1.82, 2.24) is 4.31 Å². The maximum Gasteiger partial charge on any atom is 0.311 e. The highest BCUT2D eigenvalue weighted by molar-refractivity contribution is 7.89. The summed E-state index contributed by atoms with van der Waals surface area (Å²) in [5.41, 5.74) is -0.945. The van der Waals surface area contributed by atoms with Crippen molar-refractivity contribution in [3.05, 3.63) is 14.7 Å². The number of carboxylic acid groups (broad SMARTS) is 1. The van der Waals surface area contributed by atoms with Crippen molar-refractivity contribution in [1.29, 1.82) is 0 Å². The lowest BCUT2D eigenvalue weighted by atomic mass is 9.81. The first kappa shape index (κ1) is 15.6. The van der Waals surface area contributed by atoms with Gasteiger partial charge in [-0.25, -0.2) is 8.42 Å². The number of fused-ring (bicyclic) bond motifs is 1. The molecule has 0 radical (unpaired) electrons. The Hall–Kier alpha value is -0.340. The fourth-order valence-corrected chi connectivity index (χ4v) is 7.08. The zero-order chi connectivity index (χ0) is 15.4. The number of aliphatic carboxylic acids is 1. The molecule has 1 aliphatic carbocycles. The standard InChI is InChI=1S/C12H13Cl2NO4S2/c13-9-4-8(10(14)20-9)21(18,19)15-5-7-2-1-3-12(7,6-15)11(16)17/h4,7H,1-3,5-6H2,(H,16,17)/t7-,12+/m0/s1. The van der Waals surface area contributed by atoms with Gasteiger partial charge in [-0.05, 0) is 24.8 Å². The van der Waals surface area contributed by atoms with E-state index in [4.69, 9.17) is 23.2 Å². The third-order valence-corrected chi connectivity index (χ3v) is 8.07. The van der Waals surface area contributed by atoms with Gasteiger partial charge in [0.15, 0.2) is 0 Å². The van der Waals surface area contributed by atoms with E-state index in [1.807, 2.05) is 0 Å². The minimum absolute atomic E-state index is 0.0130. The predicted molar refractivity (Wildman–Crippen MR) is 80.5 cm³/mol. The Kier molecular flexibility index (Phi) is 3.77. The van der Waals surface area contributed by atoms with Crippen LogP contribution < -0.4 is 0 Å². The molecule has 1 saturated heterocycles. The molecule has 0 unspecified atom stereocenters. The Morgan fingerprint density at radius 3 is 2.71 bits per heavy atom. The molecule has 0 aromatic carbocycles. The number of halogens is 2. The van der Waals surface area contributed by atoms with E-state index >= 15 is 0 Å². The van der Waals surface area contributed by atoms with Gasteiger partial charge in [0.1, 0.15) is 9.23 Å².